The predicted octanol–water partition coefficient (Wildman–Crippen LogP) is 2.72. The van der Waals surface area contributed by atoms with E-state index in [4.69, 9.17) is 4.74 Å². The first-order valence-corrected chi connectivity index (χ1v) is 6.56. The average Bonchev–Trinajstić information content (AvgIpc) is 2.38. The van der Waals surface area contributed by atoms with E-state index in [1.165, 1.54) is 13.2 Å². The molecule has 0 aliphatic heterocycles. The molecule has 0 amide bonds. The maximum Gasteiger partial charge on any atom is 0.308 e. The van der Waals surface area contributed by atoms with Crippen molar-refractivity contribution in [3.05, 3.63) is 23.8 Å². The molecule has 0 atom stereocenters. The van der Waals surface area contributed by atoms with Crippen LogP contribution in [0.15, 0.2) is 18.2 Å². The summed E-state index contributed by atoms with van der Waals surface area (Å²) >= 11 is 0. The molecule has 0 saturated heterocycles. The number of esters is 1. The van der Waals surface area contributed by atoms with Gasteiger partial charge < -0.3 is 14.9 Å². The SMILES string of the molecule is COC(=O)C1CCC(C)(c2ccc(O)cc2O)CC1. The molecule has 0 heterocycles. The number of hydrogen-bond donors (Lipinski definition) is 2. The maximum atomic E-state index is 11.5. The summed E-state index contributed by atoms with van der Waals surface area (Å²) in [6, 6.07) is 4.73. The fourth-order valence-electron chi connectivity index (χ4n) is 2.96. The average molecular weight is 264 g/mol. The molecule has 0 bridgehead atoms. The lowest BCUT2D eigenvalue weighted by Gasteiger charge is -2.37. The normalized spacial score (nSPS) is 26.9. The maximum absolute atomic E-state index is 11.5. The van der Waals surface area contributed by atoms with E-state index < -0.39 is 0 Å². The summed E-state index contributed by atoms with van der Waals surface area (Å²) < 4.78 is 4.78. The molecule has 0 unspecified atom stereocenters. The zero-order valence-electron chi connectivity index (χ0n) is 11.3. The largest absolute Gasteiger partial charge is 0.508 e. The summed E-state index contributed by atoms with van der Waals surface area (Å²) in [5, 5.41) is 19.3. The molecule has 1 aromatic carbocycles. The fraction of sp³-hybridized carbons (Fsp3) is 0.533. The second-order valence-corrected chi connectivity index (χ2v) is 5.56. The lowest BCUT2D eigenvalue weighted by molar-refractivity contribution is -0.146. The fourth-order valence-corrected chi connectivity index (χ4v) is 2.96. The molecule has 104 valence electrons. The van der Waals surface area contributed by atoms with Gasteiger partial charge in [0.2, 0.25) is 0 Å². The number of rotatable bonds is 2. The highest BCUT2D eigenvalue weighted by Crippen LogP contribution is 2.45. The van der Waals surface area contributed by atoms with E-state index in [0.717, 1.165) is 31.2 Å². The van der Waals surface area contributed by atoms with E-state index in [-0.39, 0.29) is 28.8 Å². The minimum absolute atomic E-state index is 0.0302. The second-order valence-electron chi connectivity index (χ2n) is 5.56. The highest BCUT2D eigenvalue weighted by molar-refractivity contribution is 5.72. The molecule has 0 radical (unpaired) electrons. The van der Waals surface area contributed by atoms with Crippen molar-refractivity contribution in [1.29, 1.82) is 0 Å². The first-order chi connectivity index (χ1) is 8.96. The van der Waals surface area contributed by atoms with E-state index in [9.17, 15) is 15.0 Å². The number of carbonyl (C=O) groups is 1. The lowest BCUT2D eigenvalue weighted by Crippen LogP contribution is -2.32. The smallest absolute Gasteiger partial charge is 0.308 e. The van der Waals surface area contributed by atoms with Crippen molar-refractivity contribution < 1.29 is 19.7 Å². The van der Waals surface area contributed by atoms with Gasteiger partial charge in [0, 0.05) is 11.6 Å². The summed E-state index contributed by atoms with van der Waals surface area (Å²) in [7, 11) is 1.42. The Morgan fingerprint density at radius 1 is 1.32 bits per heavy atom. The van der Waals surface area contributed by atoms with Crippen LogP contribution in [0.25, 0.3) is 0 Å². The Balaban J connectivity index is 2.15. The van der Waals surface area contributed by atoms with Gasteiger partial charge in [0.1, 0.15) is 11.5 Å². The molecule has 2 N–H and O–H groups in total. The Kier molecular flexibility index (Phi) is 3.69. The zero-order valence-corrected chi connectivity index (χ0v) is 11.3. The van der Waals surface area contributed by atoms with Crippen LogP contribution in [0.3, 0.4) is 0 Å². The molecular formula is C15H20O4. The van der Waals surface area contributed by atoms with Crippen molar-refractivity contribution in [2.75, 3.05) is 7.11 Å². The first-order valence-electron chi connectivity index (χ1n) is 6.56. The molecule has 0 aromatic heterocycles. The van der Waals surface area contributed by atoms with Crippen LogP contribution in [-0.2, 0) is 14.9 Å². The minimum atomic E-state index is -0.150. The van der Waals surface area contributed by atoms with E-state index >= 15 is 0 Å². The highest BCUT2D eigenvalue weighted by Gasteiger charge is 2.37. The molecule has 4 heteroatoms. The third-order valence-electron chi connectivity index (χ3n) is 4.26. The standard InChI is InChI=1S/C15H20O4/c1-15(12-4-3-11(16)9-13(12)17)7-5-10(6-8-15)14(18)19-2/h3-4,9-10,16-17H,5-8H2,1-2H3. The van der Waals surface area contributed by atoms with Crippen LogP contribution in [0, 0.1) is 5.92 Å². The Bertz CT molecular complexity index is 473. The van der Waals surface area contributed by atoms with Gasteiger partial charge >= 0.3 is 5.97 Å². The minimum Gasteiger partial charge on any atom is -0.508 e. The monoisotopic (exact) mass is 264 g/mol. The summed E-state index contributed by atoms with van der Waals surface area (Å²) in [4.78, 5) is 11.5. The third-order valence-corrected chi connectivity index (χ3v) is 4.26. The number of hydrogen-bond acceptors (Lipinski definition) is 4. The first kappa shape index (κ1) is 13.7. The topological polar surface area (TPSA) is 66.8 Å². The quantitative estimate of drug-likeness (QED) is 0.806. The van der Waals surface area contributed by atoms with Crippen molar-refractivity contribution in [3.8, 4) is 11.5 Å². The number of benzene rings is 1. The summed E-state index contributed by atoms with van der Waals surface area (Å²) in [5.41, 5.74) is 0.691. The van der Waals surface area contributed by atoms with Gasteiger partial charge in [-0.3, -0.25) is 4.79 Å². The van der Waals surface area contributed by atoms with E-state index in [1.807, 2.05) is 0 Å². The number of phenols is 2. The zero-order chi connectivity index (χ0) is 14.0. The van der Waals surface area contributed by atoms with Crippen molar-refractivity contribution in [3.63, 3.8) is 0 Å². The number of ether oxygens (including phenoxy) is 1. The second kappa shape index (κ2) is 5.11. The molecule has 2 rings (SSSR count). The molecule has 19 heavy (non-hydrogen) atoms. The van der Waals surface area contributed by atoms with Crippen molar-refractivity contribution in [1.82, 2.24) is 0 Å². The van der Waals surface area contributed by atoms with E-state index in [1.54, 1.807) is 12.1 Å². The van der Waals surface area contributed by atoms with Crippen LogP contribution >= 0.6 is 0 Å². The van der Waals surface area contributed by atoms with Crippen LogP contribution in [0.5, 0.6) is 11.5 Å². The van der Waals surface area contributed by atoms with Crippen LogP contribution in [0.1, 0.15) is 38.2 Å². The predicted molar refractivity (Wildman–Crippen MR) is 71.1 cm³/mol. The van der Waals surface area contributed by atoms with Gasteiger partial charge in [-0.1, -0.05) is 13.0 Å². The van der Waals surface area contributed by atoms with Gasteiger partial charge in [-0.15, -0.1) is 0 Å². The van der Waals surface area contributed by atoms with Crippen molar-refractivity contribution in [2.24, 2.45) is 5.92 Å². The number of methoxy groups -OCH3 is 1. The van der Waals surface area contributed by atoms with E-state index in [2.05, 4.69) is 6.92 Å². The molecule has 0 spiro atoms. The van der Waals surface area contributed by atoms with Crippen molar-refractivity contribution >= 4 is 5.97 Å². The van der Waals surface area contributed by atoms with Gasteiger partial charge in [-0.25, -0.2) is 0 Å². The van der Waals surface area contributed by atoms with Crippen LogP contribution in [0.4, 0.5) is 0 Å². The summed E-state index contributed by atoms with van der Waals surface area (Å²) in [5.74, 6) is 0.0152. The van der Waals surface area contributed by atoms with Crippen molar-refractivity contribution in [2.45, 2.75) is 38.0 Å². The molecule has 1 aliphatic carbocycles. The number of carbonyl (C=O) groups excluding carboxylic acids is 1. The Hall–Kier alpha value is -1.71. The van der Waals surface area contributed by atoms with E-state index in [0.29, 0.717) is 0 Å². The molecule has 1 aromatic rings. The molecular weight excluding hydrogens is 244 g/mol. The van der Waals surface area contributed by atoms with Crippen LogP contribution in [0.2, 0.25) is 0 Å². The Labute approximate surface area is 113 Å². The van der Waals surface area contributed by atoms with Gasteiger partial charge in [0.15, 0.2) is 0 Å². The Morgan fingerprint density at radius 3 is 2.47 bits per heavy atom. The van der Waals surface area contributed by atoms with Gasteiger partial charge in [-0.05, 0) is 37.2 Å². The van der Waals surface area contributed by atoms with Crippen LogP contribution in [-0.4, -0.2) is 23.3 Å². The Morgan fingerprint density at radius 2 is 1.95 bits per heavy atom. The highest BCUT2D eigenvalue weighted by atomic mass is 16.5. The third kappa shape index (κ3) is 2.67. The van der Waals surface area contributed by atoms with Gasteiger partial charge in [-0.2, -0.15) is 0 Å². The molecule has 1 fully saturated rings. The van der Waals surface area contributed by atoms with Crippen LogP contribution < -0.4 is 0 Å². The number of phenolic OH excluding ortho intramolecular Hbond substituents is 2. The lowest BCUT2D eigenvalue weighted by atomic mass is 9.67. The molecule has 1 aliphatic rings. The number of aromatic hydroxyl groups is 2. The van der Waals surface area contributed by atoms with Gasteiger partial charge in [0.05, 0.1) is 13.0 Å². The molecule has 1 saturated carbocycles. The molecule has 4 nitrogen and oxygen atoms in total. The summed E-state index contributed by atoms with van der Waals surface area (Å²) in [6.07, 6.45) is 3.18. The van der Waals surface area contributed by atoms with Gasteiger partial charge in [0.25, 0.3) is 0 Å². The summed E-state index contributed by atoms with van der Waals surface area (Å²) in [6.45, 7) is 2.09.